The van der Waals surface area contributed by atoms with Gasteiger partial charge in [0.25, 0.3) is 0 Å². The number of rotatable bonds is 5. The van der Waals surface area contributed by atoms with Gasteiger partial charge in [-0.3, -0.25) is 0 Å². The van der Waals surface area contributed by atoms with Gasteiger partial charge in [-0.05, 0) is 50.3 Å². The van der Waals surface area contributed by atoms with E-state index in [1.165, 1.54) is 33.6 Å². The molecule has 0 radical (unpaired) electrons. The Labute approximate surface area is 204 Å². The molecular weight excluding hydrogens is 507 g/mol. The number of aromatic nitrogens is 1. The van der Waals surface area contributed by atoms with Crippen molar-refractivity contribution in [1.29, 1.82) is 0 Å². The van der Waals surface area contributed by atoms with E-state index in [-0.39, 0.29) is 25.9 Å². The molecule has 4 rings (SSSR count). The van der Waals surface area contributed by atoms with Crippen molar-refractivity contribution in [2.24, 2.45) is 0 Å². The molecule has 0 unspecified atom stereocenters. The molecule has 0 atom stereocenters. The summed E-state index contributed by atoms with van der Waals surface area (Å²) in [6.45, 7) is 6.58. The van der Waals surface area contributed by atoms with E-state index in [9.17, 15) is 30.4 Å². The first-order chi connectivity index (χ1) is 16.4. The Morgan fingerprint density at radius 3 is 1.97 bits per heavy atom. The Kier molecular flexibility index (Phi) is 6.93. The zero-order chi connectivity index (χ0) is 25.7. The summed E-state index contributed by atoms with van der Waals surface area (Å²) in [4.78, 5) is 4.79. The lowest BCUT2D eigenvalue weighted by atomic mass is 9.96. The second kappa shape index (κ2) is 9.50. The zero-order valence-corrected chi connectivity index (χ0v) is 20.9. The third-order valence-corrected chi connectivity index (χ3v) is 9.57. The summed E-state index contributed by atoms with van der Waals surface area (Å²) >= 11 is 1.41. The number of aryl methyl sites for hydroxylation is 3. The summed E-state index contributed by atoms with van der Waals surface area (Å²) in [5.41, 5.74) is 5.61. The second-order valence-electron chi connectivity index (χ2n) is 8.81. The van der Waals surface area contributed by atoms with Gasteiger partial charge in [-0.1, -0.05) is 17.7 Å². The summed E-state index contributed by atoms with van der Waals surface area (Å²) in [5, 5.41) is 1.35. The Morgan fingerprint density at radius 1 is 0.914 bits per heavy atom. The highest BCUT2D eigenvalue weighted by molar-refractivity contribution is 7.92. The van der Waals surface area contributed by atoms with Gasteiger partial charge in [0.05, 0.1) is 10.9 Å². The lowest BCUT2D eigenvalue weighted by molar-refractivity contribution is 0.356. The van der Waals surface area contributed by atoms with Crippen LogP contribution in [0.25, 0.3) is 0 Å². The number of thiazole rings is 1. The Balaban J connectivity index is 1.49. The van der Waals surface area contributed by atoms with Crippen molar-refractivity contribution in [3.05, 3.63) is 74.5 Å². The van der Waals surface area contributed by atoms with Gasteiger partial charge in [0.2, 0.25) is 5.82 Å². The fourth-order valence-corrected chi connectivity index (χ4v) is 7.27. The van der Waals surface area contributed by atoms with Gasteiger partial charge in [-0.25, -0.2) is 35.4 Å². The molecule has 0 bridgehead atoms. The predicted octanol–water partition coefficient (Wildman–Crippen LogP) is 5.80. The van der Waals surface area contributed by atoms with Crippen molar-refractivity contribution in [1.82, 2.24) is 4.98 Å². The average Bonchev–Trinajstić information content (AvgIpc) is 3.27. The first-order valence-corrected chi connectivity index (χ1v) is 13.4. The fraction of sp³-hybridized carbons (Fsp3) is 0.375. The Hall–Kier alpha value is -2.53. The normalized spacial score (nSPS) is 15.1. The van der Waals surface area contributed by atoms with E-state index in [2.05, 4.69) is 31.0 Å². The van der Waals surface area contributed by atoms with Crippen LogP contribution in [0.4, 0.5) is 27.1 Å². The molecule has 1 aliphatic rings. The van der Waals surface area contributed by atoms with Crippen LogP contribution in [0.3, 0.4) is 0 Å². The van der Waals surface area contributed by atoms with Crippen molar-refractivity contribution in [3.8, 4) is 0 Å². The summed E-state index contributed by atoms with van der Waals surface area (Å²) in [6, 6.07) is 4.23. The number of piperidine rings is 1. The molecule has 0 spiro atoms. The van der Waals surface area contributed by atoms with Gasteiger partial charge in [-0.2, -0.15) is 0 Å². The zero-order valence-electron chi connectivity index (χ0n) is 19.3. The topological polar surface area (TPSA) is 50.3 Å². The summed E-state index contributed by atoms with van der Waals surface area (Å²) in [6.07, 6.45) is 0.583. The maximum Gasteiger partial charge on any atom is 0.200 e. The summed E-state index contributed by atoms with van der Waals surface area (Å²) < 4.78 is 94.4. The summed E-state index contributed by atoms with van der Waals surface area (Å²) in [5.74, 6) is -11.6. The van der Waals surface area contributed by atoms with Crippen molar-refractivity contribution >= 4 is 26.3 Å². The third kappa shape index (κ3) is 4.67. The van der Waals surface area contributed by atoms with Crippen LogP contribution < -0.4 is 4.90 Å². The number of sulfone groups is 1. The number of hydrogen-bond donors (Lipinski definition) is 0. The molecule has 2 heterocycles. The maximum absolute atomic E-state index is 14.1. The van der Waals surface area contributed by atoms with E-state index in [1.54, 1.807) is 0 Å². The molecule has 4 nitrogen and oxygen atoms in total. The molecule has 0 saturated carbocycles. The molecule has 188 valence electrons. The standard InChI is InChI=1S/C24H23F5N2O2S2/c1-12-8-13(2)17(14(3)9-12)10-15-11-34-24(30-15)31-6-4-16(5-7-31)35(32,33)23-21(28)19(26)18(25)20(27)22(23)29/h8-9,11,16H,4-7,10H2,1-3H3. The van der Waals surface area contributed by atoms with Gasteiger partial charge >= 0.3 is 0 Å². The minimum absolute atomic E-state index is 0.0348. The highest BCUT2D eigenvalue weighted by atomic mass is 32.2. The number of halogens is 5. The largest absolute Gasteiger partial charge is 0.348 e. The number of nitrogens with zero attached hydrogens (tertiary/aromatic N) is 2. The average molecular weight is 531 g/mol. The molecule has 0 aliphatic carbocycles. The number of hydrogen-bond acceptors (Lipinski definition) is 5. The lowest BCUT2D eigenvalue weighted by Gasteiger charge is -2.31. The molecule has 1 aromatic heterocycles. The van der Waals surface area contributed by atoms with E-state index in [1.807, 2.05) is 17.2 Å². The molecule has 1 aliphatic heterocycles. The predicted molar refractivity (Wildman–Crippen MR) is 124 cm³/mol. The number of benzene rings is 2. The van der Waals surface area contributed by atoms with Gasteiger partial charge in [-0.15, -0.1) is 11.3 Å². The molecular formula is C24H23F5N2O2S2. The third-order valence-electron chi connectivity index (χ3n) is 6.34. The van der Waals surface area contributed by atoms with E-state index >= 15 is 0 Å². The fourth-order valence-electron chi connectivity index (χ4n) is 4.55. The Morgan fingerprint density at radius 2 is 1.43 bits per heavy atom. The van der Waals surface area contributed by atoms with Crippen molar-refractivity contribution in [3.63, 3.8) is 0 Å². The lowest BCUT2D eigenvalue weighted by Crippen LogP contribution is -2.40. The van der Waals surface area contributed by atoms with E-state index in [0.29, 0.717) is 11.6 Å². The summed E-state index contributed by atoms with van der Waals surface area (Å²) in [7, 11) is -4.78. The molecule has 2 aromatic carbocycles. The second-order valence-corrected chi connectivity index (χ2v) is 11.8. The van der Waals surface area contributed by atoms with Gasteiger partial charge < -0.3 is 4.90 Å². The van der Waals surface area contributed by atoms with Crippen molar-refractivity contribution < 1.29 is 30.4 Å². The van der Waals surface area contributed by atoms with E-state index in [4.69, 9.17) is 0 Å². The van der Waals surface area contributed by atoms with Crippen molar-refractivity contribution in [2.75, 3.05) is 18.0 Å². The minimum atomic E-state index is -4.78. The maximum atomic E-state index is 14.1. The van der Waals surface area contributed by atoms with E-state index < -0.39 is 49.1 Å². The van der Waals surface area contributed by atoms with Crippen LogP contribution in [0.1, 0.15) is 40.8 Å². The molecule has 1 saturated heterocycles. The van der Waals surface area contributed by atoms with Crippen LogP contribution in [0.15, 0.2) is 22.4 Å². The van der Waals surface area contributed by atoms with E-state index in [0.717, 1.165) is 5.69 Å². The van der Waals surface area contributed by atoms with Crippen LogP contribution in [0, 0.1) is 49.9 Å². The first-order valence-electron chi connectivity index (χ1n) is 10.9. The molecule has 0 N–H and O–H groups in total. The van der Waals surface area contributed by atoms with Gasteiger partial charge in [0.1, 0.15) is 4.90 Å². The molecule has 1 fully saturated rings. The van der Waals surface area contributed by atoms with Crippen molar-refractivity contribution in [2.45, 2.75) is 50.2 Å². The molecule has 3 aromatic rings. The highest BCUT2D eigenvalue weighted by Crippen LogP contribution is 2.34. The molecule has 0 amide bonds. The van der Waals surface area contributed by atoms with Gasteiger partial charge in [0.15, 0.2) is 38.2 Å². The van der Waals surface area contributed by atoms with Crippen LogP contribution in [0.5, 0.6) is 0 Å². The van der Waals surface area contributed by atoms with Crippen LogP contribution in [-0.4, -0.2) is 31.7 Å². The van der Waals surface area contributed by atoms with Crippen LogP contribution in [-0.2, 0) is 16.3 Å². The first kappa shape index (κ1) is 25.6. The van der Waals surface area contributed by atoms with Gasteiger partial charge in [0, 0.05) is 24.9 Å². The highest BCUT2D eigenvalue weighted by Gasteiger charge is 2.39. The molecule has 11 heteroatoms. The smallest absolute Gasteiger partial charge is 0.200 e. The van der Waals surface area contributed by atoms with Crippen LogP contribution >= 0.6 is 11.3 Å². The minimum Gasteiger partial charge on any atom is -0.348 e. The monoisotopic (exact) mass is 530 g/mol. The van der Waals surface area contributed by atoms with Crippen LogP contribution in [0.2, 0.25) is 0 Å². The SMILES string of the molecule is Cc1cc(C)c(Cc2csc(N3CCC(S(=O)(=O)c4c(F)c(F)c(F)c(F)c4F)CC3)n2)c(C)c1. The number of anilines is 1. The quantitative estimate of drug-likeness (QED) is 0.181. The Bertz CT molecular complexity index is 1350. The molecule has 35 heavy (non-hydrogen) atoms.